The first-order valence-corrected chi connectivity index (χ1v) is 5.78. The Balaban J connectivity index is 2.24. The molecule has 1 aromatic rings. The van der Waals surface area contributed by atoms with Gasteiger partial charge in [0.1, 0.15) is 11.9 Å². The average Bonchev–Trinajstić information content (AvgIpc) is 3.08. The third-order valence-electron chi connectivity index (χ3n) is 2.75. The summed E-state index contributed by atoms with van der Waals surface area (Å²) < 4.78 is 5.38. The molecule has 0 spiro atoms. The summed E-state index contributed by atoms with van der Waals surface area (Å²) in [6.07, 6.45) is 4.20. The first-order chi connectivity index (χ1) is 7.74. The van der Waals surface area contributed by atoms with Crippen molar-refractivity contribution in [3.05, 3.63) is 11.6 Å². The van der Waals surface area contributed by atoms with Gasteiger partial charge in [0.2, 0.25) is 5.95 Å². The van der Waals surface area contributed by atoms with Gasteiger partial charge in [0.05, 0.1) is 0 Å². The van der Waals surface area contributed by atoms with Gasteiger partial charge in [-0.3, -0.25) is 0 Å². The molecule has 1 unspecified atom stereocenters. The van der Waals surface area contributed by atoms with Gasteiger partial charge in [0, 0.05) is 13.0 Å². The number of hydrogen-bond donors (Lipinski definition) is 1. The van der Waals surface area contributed by atoms with Crippen LogP contribution in [-0.4, -0.2) is 22.1 Å². The monoisotopic (exact) mass is 222 g/mol. The number of methoxy groups -OCH3 is 1. The highest BCUT2D eigenvalue weighted by atomic mass is 16.5. The average molecular weight is 222 g/mol. The SMILES string of the molecule is CCCC(OC)c1nc(N)nc(C2CC2)n1. The fourth-order valence-corrected chi connectivity index (χ4v) is 1.71. The number of rotatable bonds is 5. The maximum Gasteiger partial charge on any atom is 0.223 e. The molecule has 2 N–H and O–H groups in total. The van der Waals surface area contributed by atoms with Crippen molar-refractivity contribution in [2.45, 2.75) is 44.6 Å². The van der Waals surface area contributed by atoms with E-state index in [1.807, 2.05) is 0 Å². The molecule has 5 nitrogen and oxygen atoms in total. The Morgan fingerprint density at radius 1 is 1.38 bits per heavy atom. The van der Waals surface area contributed by atoms with Crippen molar-refractivity contribution in [2.75, 3.05) is 12.8 Å². The molecule has 1 aliphatic rings. The molecule has 1 saturated carbocycles. The summed E-state index contributed by atoms with van der Waals surface area (Å²) in [5.41, 5.74) is 5.70. The molecule has 0 aliphatic heterocycles. The van der Waals surface area contributed by atoms with E-state index in [2.05, 4.69) is 21.9 Å². The van der Waals surface area contributed by atoms with Crippen LogP contribution < -0.4 is 5.73 Å². The maximum absolute atomic E-state index is 5.70. The fraction of sp³-hybridized carbons (Fsp3) is 0.727. The molecule has 0 amide bonds. The molecule has 0 saturated heterocycles. The second-order valence-electron chi connectivity index (χ2n) is 4.20. The molecule has 16 heavy (non-hydrogen) atoms. The zero-order valence-electron chi connectivity index (χ0n) is 9.81. The summed E-state index contributed by atoms with van der Waals surface area (Å²) in [6, 6.07) is 0. The number of nitrogen functional groups attached to an aromatic ring is 1. The summed E-state index contributed by atoms with van der Waals surface area (Å²) in [5.74, 6) is 2.31. The van der Waals surface area contributed by atoms with E-state index >= 15 is 0 Å². The van der Waals surface area contributed by atoms with Gasteiger partial charge in [-0.2, -0.15) is 9.97 Å². The normalized spacial score (nSPS) is 17.4. The van der Waals surface area contributed by atoms with E-state index in [4.69, 9.17) is 10.5 Å². The van der Waals surface area contributed by atoms with E-state index in [1.54, 1.807) is 7.11 Å². The van der Waals surface area contributed by atoms with E-state index in [-0.39, 0.29) is 6.10 Å². The summed E-state index contributed by atoms with van der Waals surface area (Å²) in [7, 11) is 1.68. The van der Waals surface area contributed by atoms with Crippen molar-refractivity contribution >= 4 is 5.95 Å². The Hall–Kier alpha value is -1.23. The molecule has 88 valence electrons. The van der Waals surface area contributed by atoms with Crippen LogP contribution in [0.25, 0.3) is 0 Å². The minimum atomic E-state index is -0.0622. The predicted octanol–water partition coefficient (Wildman–Crippen LogP) is 1.82. The Morgan fingerprint density at radius 2 is 2.12 bits per heavy atom. The van der Waals surface area contributed by atoms with Crippen molar-refractivity contribution in [1.82, 2.24) is 15.0 Å². The Morgan fingerprint density at radius 3 is 2.69 bits per heavy atom. The first-order valence-electron chi connectivity index (χ1n) is 5.78. The van der Waals surface area contributed by atoms with Crippen LogP contribution in [0.4, 0.5) is 5.95 Å². The van der Waals surface area contributed by atoms with E-state index in [9.17, 15) is 0 Å². The predicted molar refractivity (Wildman–Crippen MR) is 60.9 cm³/mol. The molecule has 0 radical (unpaired) electrons. The van der Waals surface area contributed by atoms with Crippen molar-refractivity contribution in [2.24, 2.45) is 0 Å². The lowest BCUT2D eigenvalue weighted by Crippen LogP contribution is -2.12. The highest BCUT2D eigenvalue weighted by Crippen LogP contribution is 2.38. The molecular formula is C11H18N4O. The highest BCUT2D eigenvalue weighted by molar-refractivity contribution is 5.20. The third-order valence-corrected chi connectivity index (χ3v) is 2.75. The quantitative estimate of drug-likeness (QED) is 0.822. The lowest BCUT2D eigenvalue weighted by atomic mass is 10.2. The fourth-order valence-electron chi connectivity index (χ4n) is 1.71. The third kappa shape index (κ3) is 2.47. The number of anilines is 1. The first kappa shape index (κ1) is 11.3. The zero-order chi connectivity index (χ0) is 11.5. The van der Waals surface area contributed by atoms with Crippen LogP contribution in [-0.2, 0) is 4.74 Å². The minimum Gasteiger partial charge on any atom is -0.373 e. The van der Waals surface area contributed by atoms with Crippen LogP contribution in [0.1, 0.15) is 56.3 Å². The van der Waals surface area contributed by atoms with Gasteiger partial charge in [-0.05, 0) is 19.3 Å². The minimum absolute atomic E-state index is 0.0622. The van der Waals surface area contributed by atoms with Crippen LogP contribution >= 0.6 is 0 Å². The number of hydrogen-bond acceptors (Lipinski definition) is 5. The van der Waals surface area contributed by atoms with E-state index in [0.29, 0.717) is 17.7 Å². The van der Waals surface area contributed by atoms with Crippen molar-refractivity contribution < 1.29 is 4.74 Å². The summed E-state index contributed by atoms with van der Waals surface area (Å²) in [5, 5.41) is 0. The maximum atomic E-state index is 5.70. The van der Waals surface area contributed by atoms with Crippen LogP contribution in [0, 0.1) is 0 Å². The largest absolute Gasteiger partial charge is 0.373 e. The molecular weight excluding hydrogens is 204 g/mol. The molecule has 0 bridgehead atoms. The van der Waals surface area contributed by atoms with Crippen LogP contribution in [0.5, 0.6) is 0 Å². The summed E-state index contributed by atoms with van der Waals surface area (Å²) in [4.78, 5) is 12.8. The van der Waals surface area contributed by atoms with Crippen LogP contribution in [0.2, 0.25) is 0 Å². The van der Waals surface area contributed by atoms with Gasteiger partial charge < -0.3 is 10.5 Å². The van der Waals surface area contributed by atoms with Gasteiger partial charge in [-0.25, -0.2) is 4.98 Å². The number of aromatic nitrogens is 3. The molecule has 5 heteroatoms. The topological polar surface area (TPSA) is 73.9 Å². The van der Waals surface area contributed by atoms with Gasteiger partial charge in [0.25, 0.3) is 0 Å². The number of nitrogens with zero attached hydrogens (tertiary/aromatic N) is 3. The number of ether oxygens (including phenoxy) is 1. The second kappa shape index (κ2) is 4.74. The molecule has 1 aliphatic carbocycles. The van der Waals surface area contributed by atoms with Crippen molar-refractivity contribution in [3.8, 4) is 0 Å². The van der Waals surface area contributed by atoms with E-state index in [1.165, 1.54) is 0 Å². The standard InChI is InChI=1S/C11H18N4O/c1-3-4-8(16-2)10-13-9(7-5-6-7)14-11(12)15-10/h7-8H,3-6H2,1-2H3,(H2,12,13,14,15). The van der Waals surface area contributed by atoms with Gasteiger partial charge in [0.15, 0.2) is 5.82 Å². The summed E-state index contributed by atoms with van der Waals surface area (Å²) in [6.45, 7) is 2.11. The van der Waals surface area contributed by atoms with E-state index < -0.39 is 0 Å². The zero-order valence-corrected chi connectivity index (χ0v) is 9.81. The lowest BCUT2D eigenvalue weighted by molar-refractivity contribution is 0.0873. The molecule has 1 fully saturated rings. The van der Waals surface area contributed by atoms with Gasteiger partial charge >= 0.3 is 0 Å². The molecule has 0 aromatic carbocycles. The Bertz CT molecular complexity index is 365. The van der Waals surface area contributed by atoms with Gasteiger partial charge in [-0.15, -0.1) is 0 Å². The molecule has 1 atom stereocenters. The van der Waals surface area contributed by atoms with Crippen molar-refractivity contribution in [3.63, 3.8) is 0 Å². The number of nitrogens with two attached hydrogens (primary N) is 1. The molecule has 2 rings (SSSR count). The van der Waals surface area contributed by atoms with Crippen LogP contribution in [0.3, 0.4) is 0 Å². The van der Waals surface area contributed by atoms with Crippen molar-refractivity contribution in [1.29, 1.82) is 0 Å². The lowest BCUT2D eigenvalue weighted by Gasteiger charge is -2.13. The summed E-state index contributed by atoms with van der Waals surface area (Å²) >= 11 is 0. The second-order valence-corrected chi connectivity index (χ2v) is 4.20. The van der Waals surface area contributed by atoms with Gasteiger partial charge in [-0.1, -0.05) is 13.3 Å². The van der Waals surface area contributed by atoms with E-state index in [0.717, 1.165) is 31.5 Å². The van der Waals surface area contributed by atoms with Crippen LogP contribution in [0.15, 0.2) is 0 Å². The smallest absolute Gasteiger partial charge is 0.223 e. The Labute approximate surface area is 95.5 Å². The highest BCUT2D eigenvalue weighted by Gasteiger charge is 2.28. The molecule has 1 aromatic heterocycles. The molecule has 1 heterocycles. The Kier molecular flexibility index (Phi) is 3.33.